The van der Waals surface area contributed by atoms with Gasteiger partial charge in [0, 0.05) is 0 Å². The topological polar surface area (TPSA) is 110 Å². The van der Waals surface area contributed by atoms with Crippen LogP contribution in [0.5, 0.6) is 0 Å². The quantitative estimate of drug-likeness (QED) is 0.328. The maximum absolute atomic E-state index is 9.23. The molecule has 1 heterocycles. The predicted octanol–water partition coefficient (Wildman–Crippen LogP) is -2.64. The van der Waals surface area contributed by atoms with Crippen molar-refractivity contribution < 1.29 is 30.3 Å². The highest BCUT2D eigenvalue weighted by molar-refractivity contribution is 4.94. The molecule has 13 heavy (non-hydrogen) atoms. The van der Waals surface area contributed by atoms with Crippen LogP contribution < -0.4 is 0 Å². The first-order valence-corrected chi connectivity index (χ1v) is 3.90. The first-order chi connectivity index (χ1) is 6.11. The Morgan fingerprint density at radius 1 is 1.08 bits per heavy atom. The molecule has 1 unspecified atom stereocenters. The van der Waals surface area contributed by atoms with E-state index in [1.165, 1.54) is 0 Å². The van der Waals surface area contributed by atoms with Crippen molar-refractivity contribution in [3.05, 3.63) is 6.61 Å². The van der Waals surface area contributed by atoms with Crippen LogP contribution in [0.1, 0.15) is 0 Å². The van der Waals surface area contributed by atoms with Crippen molar-refractivity contribution in [1.82, 2.24) is 0 Å². The molecule has 0 spiro atoms. The van der Waals surface area contributed by atoms with E-state index in [1.54, 1.807) is 0 Å². The molecule has 0 aromatic rings. The summed E-state index contributed by atoms with van der Waals surface area (Å²) in [5, 5.41) is 45.0. The van der Waals surface area contributed by atoms with Gasteiger partial charge in [0.1, 0.15) is 37.1 Å². The molecule has 1 rings (SSSR count). The smallest absolute Gasteiger partial charge is 0.115 e. The largest absolute Gasteiger partial charge is 0.394 e. The summed E-state index contributed by atoms with van der Waals surface area (Å²) in [7, 11) is 0. The zero-order valence-corrected chi connectivity index (χ0v) is 6.82. The number of rotatable bonds is 2. The Bertz CT molecular complexity index is 143. The lowest BCUT2D eigenvalue weighted by Crippen LogP contribution is -2.58. The van der Waals surface area contributed by atoms with Crippen LogP contribution in [0.2, 0.25) is 0 Å². The summed E-state index contributed by atoms with van der Waals surface area (Å²) in [5.74, 6) is 0. The number of aliphatic hydroxyl groups is 5. The fraction of sp³-hybridized carbons (Fsp3) is 0.857. The van der Waals surface area contributed by atoms with Crippen molar-refractivity contribution >= 4 is 0 Å². The fourth-order valence-corrected chi connectivity index (χ4v) is 1.25. The van der Waals surface area contributed by atoms with E-state index < -0.39 is 37.1 Å². The highest BCUT2D eigenvalue weighted by Gasteiger charge is 2.43. The van der Waals surface area contributed by atoms with E-state index in [-0.39, 0.29) is 0 Å². The van der Waals surface area contributed by atoms with Crippen molar-refractivity contribution in [2.24, 2.45) is 0 Å². The molecule has 0 bridgehead atoms. The molecule has 0 aromatic heterocycles. The lowest BCUT2D eigenvalue weighted by molar-refractivity contribution is -0.227. The summed E-state index contributed by atoms with van der Waals surface area (Å²) in [4.78, 5) is 0. The zero-order chi connectivity index (χ0) is 10.0. The lowest BCUT2D eigenvalue weighted by atomic mass is 9.95. The monoisotopic (exact) mass is 193 g/mol. The fourth-order valence-electron chi connectivity index (χ4n) is 1.25. The standard InChI is InChI=1S/C7H13O6/c8-1-3-5(10)7(12)6(11)4(2-9)13-3/h1,3-12H,2H2/t3?,4-,5+,6+,7-/m1/s1. The number of aliphatic hydroxyl groups excluding tert-OH is 5. The Balaban J connectivity index is 2.66. The zero-order valence-electron chi connectivity index (χ0n) is 6.82. The van der Waals surface area contributed by atoms with Crippen LogP contribution in [0, 0.1) is 6.61 Å². The van der Waals surface area contributed by atoms with E-state index in [9.17, 15) is 15.3 Å². The third kappa shape index (κ3) is 1.98. The molecule has 0 aromatic carbocycles. The Morgan fingerprint density at radius 2 is 1.69 bits per heavy atom. The van der Waals surface area contributed by atoms with Crippen molar-refractivity contribution in [1.29, 1.82) is 0 Å². The summed E-state index contributed by atoms with van der Waals surface area (Å²) < 4.78 is 4.86. The molecule has 5 atom stereocenters. The third-order valence-corrected chi connectivity index (χ3v) is 2.08. The SMILES string of the molecule is O[CH]C1O[C@H](CO)[C@H](O)[C@H](O)[C@H]1O. The Kier molecular flexibility index (Phi) is 3.60. The molecule has 1 radical (unpaired) electrons. The van der Waals surface area contributed by atoms with E-state index >= 15 is 0 Å². The van der Waals surface area contributed by atoms with E-state index in [0.29, 0.717) is 6.61 Å². The molecule has 1 saturated heterocycles. The Morgan fingerprint density at radius 3 is 2.15 bits per heavy atom. The van der Waals surface area contributed by atoms with Gasteiger partial charge in [0.05, 0.1) is 6.61 Å². The van der Waals surface area contributed by atoms with Crippen molar-refractivity contribution in [3.8, 4) is 0 Å². The molecule has 5 N–H and O–H groups in total. The molecule has 0 aliphatic carbocycles. The molecule has 1 aliphatic heterocycles. The maximum atomic E-state index is 9.23. The van der Waals surface area contributed by atoms with Gasteiger partial charge < -0.3 is 30.3 Å². The van der Waals surface area contributed by atoms with Crippen LogP contribution in [-0.2, 0) is 4.74 Å². The van der Waals surface area contributed by atoms with E-state index in [1.807, 2.05) is 0 Å². The summed E-state index contributed by atoms with van der Waals surface area (Å²) in [5.41, 5.74) is 0. The molecule has 0 saturated carbocycles. The van der Waals surface area contributed by atoms with Gasteiger partial charge in [-0.2, -0.15) is 0 Å². The molecule has 1 aliphatic rings. The van der Waals surface area contributed by atoms with Crippen LogP contribution in [0.3, 0.4) is 0 Å². The Labute approximate surface area is 75.0 Å². The van der Waals surface area contributed by atoms with Crippen LogP contribution >= 0.6 is 0 Å². The average molecular weight is 193 g/mol. The highest BCUT2D eigenvalue weighted by Crippen LogP contribution is 2.21. The van der Waals surface area contributed by atoms with Gasteiger partial charge in [-0.15, -0.1) is 0 Å². The average Bonchev–Trinajstić information content (AvgIpc) is 2.15. The van der Waals surface area contributed by atoms with Gasteiger partial charge >= 0.3 is 0 Å². The van der Waals surface area contributed by atoms with Gasteiger partial charge in [-0.1, -0.05) is 0 Å². The van der Waals surface area contributed by atoms with Crippen LogP contribution in [-0.4, -0.2) is 62.7 Å². The normalized spacial score (nSPS) is 46.4. The van der Waals surface area contributed by atoms with Gasteiger partial charge in [-0.3, -0.25) is 0 Å². The minimum absolute atomic E-state index is 0.491. The lowest BCUT2D eigenvalue weighted by Gasteiger charge is -2.39. The van der Waals surface area contributed by atoms with Crippen LogP contribution in [0.15, 0.2) is 0 Å². The number of ether oxygens (including phenoxy) is 1. The van der Waals surface area contributed by atoms with E-state index in [0.717, 1.165) is 0 Å². The molecule has 77 valence electrons. The third-order valence-electron chi connectivity index (χ3n) is 2.08. The second kappa shape index (κ2) is 4.32. The van der Waals surface area contributed by atoms with Crippen molar-refractivity contribution in [2.45, 2.75) is 30.5 Å². The van der Waals surface area contributed by atoms with Gasteiger partial charge in [-0.25, -0.2) is 0 Å². The molecular formula is C7H13O6. The minimum Gasteiger partial charge on any atom is -0.394 e. The molecule has 1 fully saturated rings. The minimum atomic E-state index is -1.43. The van der Waals surface area contributed by atoms with Crippen LogP contribution in [0.4, 0.5) is 0 Å². The summed E-state index contributed by atoms with van der Waals surface area (Å²) >= 11 is 0. The second-order valence-electron chi connectivity index (χ2n) is 2.94. The Hall–Kier alpha value is -0.240. The van der Waals surface area contributed by atoms with Crippen LogP contribution in [0.25, 0.3) is 0 Å². The first-order valence-electron chi connectivity index (χ1n) is 3.90. The maximum Gasteiger partial charge on any atom is 0.115 e. The van der Waals surface area contributed by atoms with Gasteiger partial charge in [0.25, 0.3) is 0 Å². The number of hydrogen-bond donors (Lipinski definition) is 5. The van der Waals surface area contributed by atoms with Gasteiger partial charge in [0.2, 0.25) is 0 Å². The summed E-state index contributed by atoms with van der Waals surface area (Å²) in [6, 6.07) is 0. The molecule has 6 heteroatoms. The van der Waals surface area contributed by atoms with Gasteiger partial charge in [-0.05, 0) is 0 Å². The van der Waals surface area contributed by atoms with Crippen molar-refractivity contribution in [3.63, 3.8) is 0 Å². The summed E-state index contributed by atoms with van der Waals surface area (Å²) in [6.45, 7) is 0.0811. The molecule has 0 amide bonds. The molecule has 6 nitrogen and oxygen atoms in total. The van der Waals surface area contributed by atoms with Gasteiger partial charge in [0.15, 0.2) is 0 Å². The molecular weight excluding hydrogens is 180 g/mol. The predicted molar refractivity (Wildman–Crippen MR) is 40.0 cm³/mol. The summed E-state index contributed by atoms with van der Waals surface area (Å²) in [6.07, 6.45) is -6.25. The van der Waals surface area contributed by atoms with Crippen molar-refractivity contribution in [2.75, 3.05) is 6.61 Å². The number of hydrogen-bond acceptors (Lipinski definition) is 6. The van der Waals surface area contributed by atoms with E-state index in [2.05, 4.69) is 0 Å². The highest BCUT2D eigenvalue weighted by atomic mass is 16.6. The first kappa shape index (κ1) is 10.8. The van der Waals surface area contributed by atoms with E-state index in [4.69, 9.17) is 14.9 Å². The second-order valence-corrected chi connectivity index (χ2v) is 2.94.